The highest BCUT2D eigenvalue weighted by Gasteiger charge is 2.56. The molecule has 1 aromatic rings. The fourth-order valence-electron chi connectivity index (χ4n) is 7.27. The molecule has 0 aromatic carbocycles. The summed E-state index contributed by atoms with van der Waals surface area (Å²) in [5, 5.41) is 3.73. The van der Waals surface area contributed by atoms with Crippen molar-refractivity contribution in [2.45, 2.75) is 76.4 Å². The maximum absolute atomic E-state index is 14.0. The van der Waals surface area contributed by atoms with Gasteiger partial charge in [0.25, 0.3) is 0 Å². The number of alkyl halides is 3. The third kappa shape index (κ3) is 3.28. The van der Waals surface area contributed by atoms with Crippen molar-refractivity contribution in [2.75, 3.05) is 6.54 Å². The third-order valence-corrected chi connectivity index (χ3v) is 8.05. The van der Waals surface area contributed by atoms with Crippen LogP contribution >= 0.6 is 0 Å². The van der Waals surface area contributed by atoms with Crippen LogP contribution in [0.3, 0.4) is 0 Å². The van der Waals surface area contributed by atoms with E-state index in [1.807, 2.05) is 4.90 Å². The molecule has 2 heterocycles. The fourth-order valence-corrected chi connectivity index (χ4v) is 7.27. The van der Waals surface area contributed by atoms with E-state index in [2.05, 4.69) is 5.10 Å². The van der Waals surface area contributed by atoms with Gasteiger partial charge in [-0.15, -0.1) is 0 Å². The highest BCUT2D eigenvalue weighted by molar-refractivity contribution is 5.83. The summed E-state index contributed by atoms with van der Waals surface area (Å²) in [6.45, 7) is 0.651. The Bertz CT molecular complexity index is 764. The number of likely N-dealkylation sites (tertiary alicyclic amines) is 1. The molecule has 4 aliphatic carbocycles. The lowest BCUT2D eigenvalue weighted by molar-refractivity contribution is -0.160. The zero-order valence-electron chi connectivity index (χ0n) is 17.0. The zero-order chi connectivity index (χ0) is 20.4. The van der Waals surface area contributed by atoms with Crippen LogP contribution in [0.1, 0.15) is 81.6 Å². The van der Waals surface area contributed by atoms with Gasteiger partial charge in [0.2, 0.25) is 5.91 Å². The summed E-state index contributed by atoms with van der Waals surface area (Å²) >= 11 is 0. The van der Waals surface area contributed by atoms with Gasteiger partial charge in [-0.25, -0.2) is 0 Å². The summed E-state index contributed by atoms with van der Waals surface area (Å²) in [7, 11) is 1.57. The van der Waals surface area contributed by atoms with Crippen molar-refractivity contribution in [1.29, 1.82) is 0 Å². The van der Waals surface area contributed by atoms with Crippen LogP contribution in [0, 0.1) is 23.2 Å². The summed E-state index contributed by atoms with van der Waals surface area (Å²) < 4.78 is 41.0. The number of halogens is 3. The highest BCUT2D eigenvalue weighted by atomic mass is 19.4. The average Bonchev–Trinajstić information content (AvgIpc) is 2.88. The van der Waals surface area contributed by atoms with Crippen molar-refractivity contribution in [2.24, 2.45) is 30.2 Å². The van der Waals surface area contributed by atoms with Crippen molar-refractivity contribution in [3.63, 3.8) is 0 Å². The van der Waals surface area contributed by atoms with Crippen LogP contribution in [-0.4, -0.2) is 27.1 Å². The number of carbonyl (C=O) groups excluding carboxylic acids is 1. The Morgan fingerprint density at radius 3 is 2.24 bits per heavy atom. The summed E-state index contributed by atoms with van der Waals surface area (Å²) in [5.74, 6) is 2.23. The molecular weight excluding hydrogens is 379 g/mol. The maximum Gasteiger partial charge on any atom is 0.435 e. The highest BCUT2D eigenvalue weighted by Crippen LogP contribution is 2.61. The summed E-state index contributed by atoms with van der Waals surface area (Å²) in [6.07, 6.45) is 5.91. The minimum Gasteiger partial charge on any atom is -0.334 e. The van der Waals surface area contributed by atoms with Crippen molar-refractivity contribution in [3.05, 3.63) is 17.5 Å². The zero-order valence-corrected chi connectivity index (χ0v) is 17.0. The molecular formula is C22H30F3N3O. The van der Waals surface area contributed by atoms with Gasteiger partial charge < -0.3 is 4.90 Å². The van der Waals surface area contributed by atoms with E-state index in [-0.39, 0.29) is 17.4 Å². The van der Waals surface area contributed by atoms with E-state index >= 15 is 0 Å². The van der Waals surface area contributed by atoms with E-state index in [9.17, 15) is 18.0 Å². The molecule has 1 amide bonds. The van der Waals surface area contributed by atoms with Gasteiger partial charge in [0.1, 0.15) is 0 Å². The van der Waals surface area contributed by atoms with Crippen LogP contribution in [0.2, 0.25) is 0 Å². The van der Waals surface area contributed by atoms with E-state index in [1.54, 1.807) is 7.05 Å². The number of aryl methyl sites for hydroxylation is 1. The van der Waals surface area contributed by atoms with Crippen molar-refractivity contribution in [1.82, 2.24) is 14.7 Å². The first-order valence-electron chi connectivity index (χ1n) is 11.2. The molecule has 5 fully saturated rings. The van der Waals surface area contributed by atoms with Crippen LogP contribution < -0.4 is 0 Å². The molecule has 0 radical (unpaired) electrons. The second kappa shape index (κ2) is 6.74. The Kier molecular flexibility index (Phi) is 4.52. The summed E-state index contributed by atoms with van der Waals surface area (Å²) in [6, 6.07) is 0.863. The van der Waals surface area contributed by atoms with E-state index in [0.717, 1.165) is 51.0 Å². The standard InChI is InChI=1S/C22H30F3N3O/c1-27-18(10-19(26-27)22(23,24)25)17-5-3-2-4-6-28(17)20(29)21-11-14-7-15(12-21)9-16(8-14)13-21/h10,14-17H,2-9,11-13H2,1H3/t14?,15?,16?,17-,21?/m1/s1. The topological polar surface area (TPSA) is 38.1 Å². The molecule has 0 N–H and O–H groups in total. The van der Waals surface area contributed by atoms with Gasteiger partial charge in [-0.05, 0) is 75.2 Å². The Morgan fingerprint density at radius 1 is 1.07 bits per heavy atom. The molecule has 5 aliphatic rings. The molecule has 1 aliphatic heterocycles. The fraction of sp³-hybridized carbons (Fsp3) is 0.818. The first-order chi connectivity index (χ1) is 13.7. The van der Waals surface area contributed by atoms with E-state index in [1.165, 1.54) is 23.9 Å². The number of amides is 1. The Morgan fingerprint density at radius 2 is 1.69 bits per heavy atom. The minimum atomic E-state index is -4.46. The van der Waals surface area contributed by atoms with Crippen LogP contribution in [0.25, 0.3) is 0 Å². The lowest BCUT2D eigenvalue weighted by atomic mass is 9.49. The Labute approximate surface area is 169 Å². The molecule has 0 unspecified atom stereocenters. The Hall–Kier alpha value is -1.53. The average molecular weight is 409 g/mol. The van der Waals surface area contributed by atoms with Crippen LogP contribution in [-0.2, 0) is 18.0 Å². The lowest BCUT2D eigenvalue weighted by Gasteiger charge is -2.57. The molecule has 7 heteroatoms. The lowest BCUT2D eigenvalue weighted by Crippen LogP contribution is -2.55. The molecule has 1 aromatic heterocycles. The van der Waals surface area contributed by atoms with Crippen LogP contribution in [0.15, 0.2) is 6.07 Å². The van der Waals surface area contributed by atoms with Gasteiger partial charge in [0.05, 0.1) is 17.2 Å². The molecule has 160 valence electrons. The molecule has 4 bridgehead atoms. The van der Waals surface area contributed by atoms with Gasteiger partial charge in [-0.1, -0.05) is 12.8 Å². The maximum atomic E-state index is 14.0. The van der Waals surface area contributed by atoms with Gasteiger partial charge in [-0.3, -0.25) is 9.48 Å². The first kappa shape index (κ1) is 19.4. The van der Waals surface area contributed by atoms with Crippen LogP contribution in [0.4, 0.5) is 13.2 Å². The predicted octanol–water partition coefficient (Wildman–Crippen LogP) is 5.10. The Balaban J connectivity index is 1.48. The molecule has 29 heavy (non-hydrogen) atoms. The second-order valence-corrected chi connectivity index (χ2v) is 10.1. The van der Waals surface area contributed by atoms with Gasteiger partial charge >= 0.3 is 6.18 Å². The monoisotopic (exact) mass is 409 g/mol. The number of aromatic nitrogens is 2. The van der Waals surface area contributed by atoms with E-state index in [0.29, 0.717) is 30.0 Å². The van der Waals surface area contributed by atoms with Gasteiger partial charge in [-0.2, -0.15) is 18.3 Å². The SMILES string of the molecule is Cn1nc(C(F)(F)F)cc1[C@H]1CCCCCN1C(=O)C12CC3CC(CC(C3)C1)C2. The molecule has 4 saturated carbocycles. The minimum absolute atomic E-state index is 0.221. The molecule has 6 rings (SSSR count). The normalized spacial score (nSPS) is 37.0. The molecule has 4 nitrogen and oxygen atoms in total. The van der Waals surface area contributed by atoms with Crippen molar-refractivity contribution < 1.29 is 18.0 Å². The first-order valence-corrected chi connectivity index (χ1v) is 11.2. The van der Waals surface area contributed by atoms with Crippen LogP contribution in [0.5, 0.6) is 0 Å². The quantitative estimate of drug-likeness (QED) is 0.682. The third-order valence-electron chi connectivity index (χ3n) is 8.05. The molecule has 1 atom stereocenters. The molecule has 0 spiro atoms. The number of rotatable bonds is 2. The van der Waals surface area contributed by atoms with Gasteiger partial charge in [0.15, 0.2) is 5.69 Å². The number of nitrogens with zero attached hydrogens (tertiary/aromatic N) is 3. The van der Waals surface area contributed by atoms with Gasteiger partial charge in [0, 0.05) is 13.6 Å². The number of hydrogen-bond acceptors (Lipinski definition) is 2. The van der Waals surface area contributed by atoms with E-state index in [4.69, 9.17) is 0 Å². The largest absolute Gasteiger partial charge is 0.435 e. The van der Waals surface area contributed by atoms with E-state index < -0.39 is 11.9 Å². The molecule has 1 saturated heterocycles. The smallest absolute Gasteiger partial charge is 0.334 e. The number of carbonyl (C=O) groups is 1. The number of hydrogen-bond donors (Lipinski definition) is 0. The second-order valence-electron chi connectivity index (χ2n) is 10.1. The van der Waals surface area contributed by atoms with Crippen molar-refractivity contribution >= 4 is 5.91 Å². The van der Waals surface area contributed by atoms with Crippen molar-refractivity contribution in [3.8, 4) is 0 Å². The predicted molar refractivity (Wildman–Crippen MR) is 102 cm³/mol. The summed E-state index contributed by atoms with van der Waals surface area (Å²) in [4.78, 5) is 15.9. The summed E-state index contributed by atoms with van der Waals surface area (Å²) in [5.41, 5.74) is -0.596.